The molecule has 1 aromatic rings. The van der Waals surface area contributed by atoms with Gasteiger partial charge in [0.2, 0.25) is 11.8 Å². The SMILES string of the molecule is COCCCNC(=O)CCN1NC(c2ccc(C)cc2)=CCC1=O. The second-order valence-electron chi connectivity index (χ2n) is 5.79. The monoisotopic (exact) mass is 331 g/mol. The van der Waals surface area contributed by atoms with Crippen molar-refractivity contribution in [1.29, 1.82) is 0 Å². The van der Waals surface area contributed by atoms with Gasteiger partial charge in [0.15, 0.2) is 0 Å². The zero-order valence-electron chi connectivity index (χ0n) is 14.3. The van der Waals surface area contributed by atoms with Gasteiger partial charge in [0.25, 0.3) is 0 Å². The maximum absolute atomic E-state index is 12.0. The molecule has 0 fully saturated rings. The Balaban J connectivity index is 1.83. The van der Waals surface area contributed by atoms with Crippen LogP contribution < -0.4 is 10.7 Å². The van der Waals surface area contributed by atoms with E-state index >= 15 is 0 Å². The zero-order valence-corrected chi connectivity index (χ0v) is 14.3. The molecule has 1 aliphatic heterocycles. The van der Waals surface area contributed by atoms with Crippen molar-refractivity contribution in [3.63, 3.8) is 0 Å². The number of nitrogens with one attached hydrogen (secondary N) is 2. The minimum absolute atomic E-state index is 0.0296. The topological polar surface area (TPSA) is 70.7 Å². The van der Waals surface area contributed by atoms with Crippen LogP contribution in [-0.2, 0) is 14.3 Å². The normalized spacial score (nSPS) is 14.2. The summed E-state index contributed by atoms with van der Waals surface area (Å²) in [7, 11) is 1.63. The summed E-state index contributed by atoms with van der Waals surface area (Å²) in [5, 5.41) is 4.34. The van der Waals surface area contributed by atoms with Gasteiger partial charge in [-0.1, -0.05) is 29.8 Å². The standard InChI is InChI=1S/C18H25N3O3/c1-14-4-6-15(7-5-14)16-8-9-18(23)21(20-16)12-10-17(22)19-11-3-13-24-2/h4-8,20H,3,9-13H2,1-2H3,(H,19,22). The van der Waals surface area contributed by atoms with Crippen molar-refractivity contribution < 1.29 is 14.3 Å². The Hall–Kier alpha value is -2.34. The van der Waals surface area contributed by atoms with Gasteiger partial charge in [0.05, 0.1) is 12.2 Å². The lowest BCUT2D eigenvalue weighted by Crippen LogP contribution is -2.45. The van der Waals surface area contributed by atoms with Crippen molar-refractivity contribution in [2.75, 3.05) is 26.8 Å². The van der Waals surface area contributed by atoms with Gasteiger partial charge in [0.1, 0.15) is 0 Å². The molecule has 1 heterocycles. The Labute approximate surface area is 142 Å². The van der Waals surface area contributed by atoms with E-state index in [1.54, 1.807) is 7.11 Å². The summed E-state index contributed by atoms with van der Waals surface area (Å²) in [6, 6.07) is 8.10. The van der Waals surface area contributed by atoms with E-state index < -0.39 is 0 Å². The van der Waals surface area contributed by atoms with E-state index in [4.69, 9.17) is 4.74 Å². The van der Waals surface area contributed by atoms with Crippen LogP contribution in [0, 0.1) is 6.92 Å². The molecule has 0 aromatic heterocycles. The van der Waals surface area contributed by atoms with Crippen LogP contribution in [0.25, 0.3) is 5.70 Å². The number of methoxy groups -OCH3 is 1. The van der Waals surface area contributed by atoms with Gasteiger partial charge in [0, 0.05) is 33.1 Å². The second-order valence-corrected chi connectivity index (χ2v) is 5.79. The number of benzene rings is 1. The van der Waals surface area contributed by atoms with Gasteiger partial charge in [-0.25, -0.2) is 0 Å². The van der Waals surface area contributed by atoms with Crippen LogP contribution in [0.4, 0.5) is 0 Å². The highest BCUT2D eigenvalue weighted by atomic mass is 16.5. The number of amides is 2. The van der Waals surface area contributed by atoms with Gasteiger partial charge in [-0.15, -0.1) is 0 Å². The van der Waals surface area contributed by atoms with Crippen LogP contribution in [0.3, 0.4) is 0 Å². The summed E-state index contributed by atoms with van der Waals surface area (Å²) >= 11 is 0. The molecule has 0 unspecified atom stereocenters. The summed E-state index contributed by atoms with van der Waals surface area (Å²) in [5.74, 6) is -0.0924. The third-order valence-corrected chi connectivity index (χ3v) is 3.81. The number of nitrogens with zero attached hydrogens (tertiary/aromatic N) is 1. The van der Waals surface area contributed by atoms with E-state index in [0.29, 0.717) is 26.1 Å². The molecular weight excluding hydrogens is 306 g/mol. The van der Waals surface area contributed by atoms with E-state index in [1.807, 2.05) is 37.3 Å². The van der Waals surface area contributed by atoms with Crippen molar-refractivity contribution in [3.05, 3.63) is 41.5 Å². The highest BCUT2D eigenvalue weighted by molar-refractivity contribution is 5.84. The Morgan fingerprint density at radius 3 is 2.79 bits per heavy atom. The van der Waals surface area contributed by atoms with E-state index in [1.165, 1.54) is 10.6 Å². The molecule has 0 saturated heterocycles. The first-order valence-corrected chi connectivity index (χ1v) is 8.20. The maximum atomic E-state index is 12.0. The fraction of sp³-hybridized carbons (Fsp3) is 0.444. The van der Waals surface area contributed by atoms with Crippen LogP contribution in [0.1, 0.15) is 30.4 Å². The number of hydrazine groups is 1. The molecule has 0 atom stereocenters. The van der Waals surface area contributed by atoms with Crippen LogP contribution in [-0.4, -0.2) is 43.6 Å². The molecule has 24 heavy (non-hydrogen) atoms. The van der Waals surface area contributed by atoms with Crippen molar-refractivity contribution in [2.24, 2.45) is 0 Å². The van der Waals surface area contributed by atoms with E-state index in [-0.39, 0.29) is 18.2 Å². The van der Waals surface area contributed by atoms with E-state index in [9.17, 15) is 9.59 Å². The zero-order chi connectivity index (χ0) is 17.4. The van der Waals surface area contributed by atoms with Crippen molar-refractivity contribution in [3.8, 4) is 0 Å². The molecule has 6 heteroatoms. The predicted octanol–water partition coefficient (Wildman–Crippen LogP) is 1.62. The van der Waals surface area contributed by atoms with Gasteiger partial charge < -0.3 is 10.1 Å². The first-order valence-electron chi connectivity index (χ1n) is 8.20. The molecule has 0 spiro atoms. The fourth-order valence-corrected chi connectivity index (χ4v) is 2.40. The van der Waals surface area contributed by atoms with Gasteiger partial charge in [-0.2, -0.15) is 0 Å². The number of rotatable bonds is 8. The average Bonchev–Trinajstić information content (AvgIpc) is 2.59. The van der Waals surface area contributed by atoms with E-state index in [2.05, 4.69) is 10.7 Å². The van der Waals surface area contributed by atoms with Crippen LogP contribution in [0.15, 0.2) is 30.3 Å². The number of hydrogen-bond donors (Lipinski definition) is 2. The molecule has 0 saturated carbocycles. The third-order valence-electron chi connectivity index (χ3n) is 3.81. The molecule has 2 amide bonds. The Bertz CT molecular complexity index is 596. The Kier molecular flexibility index (Phi) is 6.81. The lowest BCUT2D eigenvalue weighted by molar-refractivity contribution is -0.133. The first-order chi connectivity index (χ1) is 11.6. The number of aryl methyl sites for hydroxylation is 1. The number of ether oxygens (including phenoxy) is 1. The van der Waals surface area contributed by atoms with Crippen LogP contribution in [0.2, 0.25) is 0 Å². The highest BCUT2D eigenvalue weighted by Gasteiger charge is 2.20. The fourth-order valence-electron chi connectivity index (χ4n) is 2.40. The molecule has 130 valence electrons. The largest absolute Gasteiger partial charge is 0.385 e. The summed E-state index contributed by atoms with van der Waals surface area (Å²) in [6.45, 7) is 3.59. The number of carbonyl (C=O) groups is 2. The molecular formula is C18H25N3O3. The maximum Gasteiger partial charge on any atom is 0.244 e. The van der Waals surface area contributed by atoms with E-state index in [0.717, 1.165) is 17.7 Å². The molecule has 0 aliphatic carbocycles. The lowest BCUT2D eigenvalue weighted by Gasteiger charge is -2.29. The van der Waals surface area contributed by atoms with Crippen molar-refractivity contribution in [1.82, 2.24) is 15.8 Å². The van der Waals surface area contributed by atoms with Crippen molar-refractivity contribution in [2.45, 2.75) is 26.2 Å². The lowest BCUT2D eigenvalue weighted by atomic mass is 10.1. The molecule has 1 aromatic carbocycles. The third kappa shape index (κ3) is 5.38. The number of hydrogen-bond acceptors (Lipinski definition) is 4. The van der Waals surface area contributed by atoms with Gasteiger partial charge >= 0.3 is 0 Å². The summed E-state index contributed by atoms with van der Waals surface area (Å²) < 4.78 is 4.93. The minimum atomic E-state index is -0.0628. The molecule has 1 aliphatic rings. The molecule has 0 radical (unpaired) electrons. The first kappa shape index (κ1) is 18.0. The minimum Gasteiger partial charge on any atom is -0.385 e. The van der Waals surface area contributed by atoms with Gasteiger partial charge in [-0.3, -0.25) is 20.0 Å². The highest BCUT2D eigenvalue weighted by Crippen LogP contribution is 2.18. The molecule has 2 N–H and O–H groups in total. The van der Waals surface area contributed by atoms with Crippen LogP contribution >= 0.6 is 0 Å². The average molecular weight is 331 g/mol. The molecule has 2 rings (SSSR count). The quantitative estimate of drug-likeness (QED) is 0.710. The summed E-state index contributed by atoms with van der Waals surface area (Å²) in [6.07, 6.45) is 3.27. The van der Waals surface area contributed by atoms with Gasteiger partial charge in [-0.05, 0) is 25.0 Å². The number of carbonyl (C=O) groups excluding carboxylic acids is 2. The summed E-state index contributed by atoms with van der Waals surface area (Å²) in [5.41, 5.74) is 6.23. The molecule has 6 nitrogen and oxygen atoms in total. The Morgan fingerprint density at radius 2 is 2.08 bits per heavy atom. The molecule has 0 bridgehead atoms. The predicted molar refractivity (Wildman–Crippen MR) is 92.7 cm³/mol. The smallest absolute Gasteiger partial charge is 0.244 e. The van der Waals surface area contributed by atoms with Crippen LogP contribution in [0.5, 0.6) is 0 Å². The summed E-state index contributed by atoms with van der Waals surface area (Å²) in [4.78, 5) is 23.8. The second kappa shape index (κ2) is 9.08. The van der Waals surface area contributed by atoms with Crippen molar-refractivity contribution >= 4 is 17.5 Å². The Morgan fingerprint density at radius 1 is 1.33 bits per heavy atom.